The van der Waals surface area contributed by atoms with Crippen LogP contribution in [0.2, 0.25) is 0 Å². The highest BCUT2D eigenvalue weighted by Gasteiger charge is 2.31. The molecular formula is C12H14F3NO3S. The van der Waals surface area contributed by atoms with E-state index in [1.54, 1.807) is 13.1 Å². The second-order valence-electron chi connectivity index (χ2n) is 4.10. The van der Waals surface area contributed by atoms with E-state index < -0.39 is 11.5 Å². The number of aliphatic carboxylic acids is 1. The van der Waals surface area contributed by atoms with Crippen molar-refractivity contribution in [2.75, 3.05) is 20.7 Å². The lowest BCUT2D eigenvalue weighted by Gasteiger charge is -2.16. The molecular weight excluding hydrogens is 295 g/mol. The van der Waals surface area contributed by atoms with Crippen molar-refractivity contribution in [3.05, 3.63) is 23.8 Å². The maximum atomic E-state index is 12.4. The zero-order valence-electron chi connectivity index (χ0n) is 10.9. The third-order valence-corrected chi connectivity index (χ3v) is 3.08. The zero-order valence-corrected chi connectivity index (χ0v) is 11.7. The van der Waals surface area contributed by atoms with Crippen LogP contribution in [0.15, 0.2) is 23.1 Å². The van der Waals surface area contributed by atoms with E-state index in [9.17, 15) is 18.0 Å². The summed E-state index contributed by atoms with van der Waals surface area (Å²) in [7, 11) is 2.88. The maximum absolute atomic E-state index is 12.4. The number of halogens is 3. The number of carbonyl (C=O) groups is 1. The van der Waals surface area contributed by atoms with E-state index in [0.717, 1.165) is 0 Å². The minimum absolute atomic E-state index is 0.0405. The normalized spacial score (nSPS) is 11.7. The number of carboxylic acids is 1. The van der Waals surface area contributed by atoms with E-state index in [1.165, 1.54) is 24.1 Å². The van der Waals surface area contributed by atoms with Crippen molar-refractivity contribution in [2.24, 2.45) is 0 Å². The first kappa shape index (κ1) is 16.6. The largest absolute Gasteiger partial charge is 0.496 e. The monoisotopic (exact) mass is 309 g/mol. The van der Waals surface area contributed by atoms with Gasteiger partial charge in [-0.1, -0.05) is 6.07 Å². The van der Waals surface area contributed by atoms with Gasteiger partial charge < -0.3 is 9.84 Å². The summed E-state index contributed by atoms with van der Waals surface area (Å²) in [6.45, 7) is 0.0511. The number of hydrogen-bond donors (Lipinski definition) is 1. The Morgan fingerprint density at radius 2 is 2.10 bits per heavy atom. The van der Waals surface area contributed by atoms with Crippen molar-refractivity contribution in [3.8, 4) is 5.75 Å². The first-order valence-electron chi connectivity index (χ1n) is 5.54. The van der Waals surface area contributed by atoms with Crippen molar-refractivity contribution < 1.29 is 27.8 Å². The lowest BCUT2D eigenvalue weighted by molar-refractivity contribution is -0.138. The molecule has 0 aliphatic heterocycles. The highest BCUT2D eigenvalue weighted by Crippen LogP contribution is 2.41. The fraction of sp³-hybridized carbons (Fsp3) is 0.417. The third-order valence-electron chi connectivity index (χ3n) is 2.31. The number of likely N-dealkylation sites (N-methyl/N-ethyl adjacent to an activating group) is 1. The van der Waals surface area contributed by atoms with Crippen LogP contribution in [0.3, 0.4) is 0 Å². The van der Waals surface area contributed by atoms with Crippen LogP contribution in [0.1, 0.15) is 5.56 Å². The van der Waals surface area contributed by atoms with Crippen molar-refractivity contribution in [1.82, 2.24) is 4.90 Å². The average molecular weight is 309 g/mol. The Hall–Kier alpha value is -1.41. The van der Waals surface area contributed by atoms with Gasteiger partial charge in [-0.15, -0.1) is 0 Å². The second-order valence-corrected chi connectivity index (χ2v) is 5.21. The van der Waals surface area contributed by atoms with E-state index in [-0.39, 0.29) is 35.5 Å². The molecule has 0 aliphatic carbocycles. The van der Waals surface area contributed by atoms with Crippen molar-refractivity contribution in [3.63, 3.8) is 0 Å². The molecule has 20 heavy (non-hydrogen) atoms. The molecule has 4 nitrogen and oxygen atoms in total. The van der Waals surface area contributed by atoms with Gasteiger partial charge in [0.2, 0.25) is 0 Å². The summed E-state index contributed by atoms with van der Waals surface area (Å²) in [5.74, 6) is -0.858. The molecule has 1 aromatic rings. The third kappa shape index (κ3) is 5.70. The fourth-order valence-corrected chi connectivity index (χ4v) is 2.33. The molecule has 1 aromatic carbocycles. The Morgan fingerprint density at radius 1 is 1.45 bits per heavy atom. The minimum atomic E-state index is -4.40. The second kappa shape index (κ2) is 6.85. The summed E-state index contributed by atoms with van der Waals surface area (Å²) in [4.78, 5) is 12.0. The summed E-state index contributed by atoms with van der Waals surface area (Å²) < 4.78 is 42.2. The maximum Gasteiger partial charge on any atom is 0.446 e. The Labute approximate surface area is 118 Å². The van der Waals surface area contributed by atoms with Crippen molar-refractivity contribution >= 4 is 17.7 Å². The van der Waals surface area contributed by atoms with Gasteiger partial charge in [-0.2, -0.15) is 13.2 Å². The molecule has 0 amide bonds. The first-order valence-corrected chi connectivity index (χ1v) is 6.36. The van der Waals surface area contributed by atoms with Crippen LogP contribution in [0.4, 0.5) is 13.2 Å². The van der Waals surface area contributed by atoms with Crippen LogP contribution >= 0.6 is 11.8 Å². The van der Waals surface area contributed by atoms with E-state index in [1.807, 2.05) is 0 Å². The van der Waals surface area contributed by atoms with E-state index in [2.05, 4.69) is 0 Å². The first-order chi connectivity index (χ1) is 9.21. The smallest absolute Gasteiger partial charge is 0.446 e. The molecule has 1 rings (SSSR count). The van der Waals surface area contributed by atoms with Gasteiger partial charge in [0.1, 0.15) is 5.75 Å². The average Bonchev–Trinajstić information content (AvgIpc) is 2.25. The van der Waals surface area contributed by atoms with Gasteiger partial charge in [0.15, 0.2) is 0 Å². The minimum Gasteiger partial charge on any atom is -0.496 e. The van der Waals surface area contributed by atoms with Crippen molar-refractivity contribution in [2.45, 2.75) is 16.9 Å². The summed E-state index contributed by atoms with van der Waals surface area (Å²) in [5.41, 5.74) is -3.82. The molecule has 0 radical (unpaired) electrons. The number of rotatable bonds is 6. The molecule has 0 atom stereocenters. The lowest BCUT2D eigenvalue weighted by Crippen LogP contribution is -2.25. The van der Waals surface area contributed by atoms with Gasteiger partial charge in [-0.25, -0.2) is 0 Å². The topological polar surface area (TPSA) is 49.8 Å². The molecule has 8 heteroatoms. The quantitative estimate of drug-likeness (QED) is 0.819. The van der Waals surface area contributed by atoms with Crippen LogP contribution in [-0.4, -0.2) is 42.2 Å². The van der Waals surface area contributed by atoms with E-state index >= 15 is 0 Å². The van der Waals surface area contributed by atoms with Crippen LogP contribution in [0.5, 0.6) is 5.75 Å². The van der Waals surface area contributed by atoms with Crippen LogP contribution in [0, 0.1) is 0 Å². The molecule has 0 unspecified atom stereocenters. The molecule has 1 N–H and O–H groups in total. The van der Waals surface area contributed by atoms with Gasteiger partial charge >= 0.3 is 11.5 Å². The molecule has 0 saturated carbocycles. The highest BCUT2D eigenvalue weighted by molar-refractivity contribution is 8.00. The molecule has 112 valence electrons. The van der Waals surface area contributed by atoms with Crippen LogP contribution in [0.25, 0.3) is 0 Å². The SMILES string of the molecule is COc1ccc(CN(C)CC(=O)O)cc1SC(F)(F)F. The fourth-order valence-electron chi connectivity index (χ4n) is 1.62. The number of methoxy groups -OCH3 is 1. The molecule has 0 spiro atoms. The van der Waals surface area contributed by atoms with Gasteiger partial charge in [0.25, 0.3) is 0 Å². The van der Waals surface area contributed by atoms with Crippen LogP contribution in [-0.2, 0) is 11.3 Å². The number of thioether (sulfide) groups is 1. The predicted octanol–water partition coefficient (Wildman–Crippen LogP) is 2.82. The molecule has 0 saturated heterocycles. The summed E-state index contributed by atoms with van der Waals surface area (Å²) >= 11 is -0.253. The number of ether oxygens (including phenoxy) is 1. The Morgan fingerprint density at radius 3 is 2.60 bits per heavy atom. The van der Waals surface area contributed by atoms with Gasteiger partial charge in [-0.05, 0) is 36.5 Å². The Balaban J connectivity index is 2.89. The van der Waals surface area contributed by atoms with Crippen LogP contribution < -0.4 is 4.74 Å². The van der Waals surface area contributed by atoms with Gasteiger partial charge in [-0.3, -0.25) is 9.69 Å². The summed E-state index contributed by atoms with van der Waals surface area (Å²) in [5, 5.41) is 8.64. The van der Waals surface area contributed by atoms with Crippen molar-refractivity contribution in [1.29, 1.82) is 0 Å². The number of alkyl halides is 3. The number of hydrogen-bond acceptors (Lipinski definition) is 4. The lowest BCUT2D eigenvalue weighted by atomic mass is 10.2. The standard InChI is InChI=1S/C12H14F3NO3S/c1-16(7-11(17)18)6-8-3-4-9(19-2)10(5-8)20-12(13,14)15/h3-5H,6-7H2,1-2H3,(H,17,18). The van der Waals surface area contributed by atoms with E-state index in [4.69, 9.17) is 9.84 Å². The molecule has 0 aliphatic rings. The van der Waals surface area contributed by atoms with E-state index in [0.29, 0.717) is 5.56 Å². The predicted molar refractivity (Wildman–Crippen MR) is 68.9 cm³/mol. The molecule has 0 heterocycles. The molecule has 0 bridgehead atoms. The zero-order chi connectivity index (χ0) is 15.3. The van der Waals surface area contributed by atoms with Gasteiger partial charge in [0, 0.05) is 6.54 Å². The summed E-state index contributed by atoms with van der Waals surface area (Å²) in [6.07, 6.45) is 0. The summed E-state index contributed by atoms with van der Waals surface area (Å²) in [6, 6.07) is 4.41. The Bertz CT molecular complexity index is 480. The Kier molecular flexibility index (Phi) is 5.70. The number of carboxylic acid groups (broad SMARTS) is 1. The molecule has 0 fully saturated rings. The van der Waals surface area contributed by atoms with Gasteiger partial charge in [0.05, 0.1) is 18.6 Å². The highest BCUT2D eigenvalue weighted by atomic mass is 32.2. The number of benzene rings is 1. The molecule has 0 aromatic heterocycles. The number of nitrogens with zero attached hydrogens (tertiary/aromatic N) is 1.